The Balaban J connectivity index is 2.27. The molecule has 0 atom stereocenters. The number of benzene rings is 1. The van der Waals surface area contributed by atoms with Crippen molar-refractivity contribution in [1.82, 2.24) is 0 Å². The molecule has 106 valence electrons. The van der Waals surface area contributed by atoms with E-state index in [2.05, 4.69) is 67.2 Å². The maximum Gasteiger partial charge on any atom is 0.210 e. The minimum atomic E-state index is 1.20. The van der Waals surface area contributed by atoms with Crippen molar-refractivity contribution in [1.29, 1.82) is 0 Å². The first-order chi connectivity index (χ1) is 9.85. The molecule has 1 aromatic carbocycles. The van der Waals surface area contributed by atoms with Crippen molar-refractivity contribution in [3.05, 3.63) is 59.9 Å². The fourth-order valence-corrected chi connectivity index (χ4v) is 2.54. The Labute approximate surface area is 123 Å². The molecule has 0 spiro atoms. The van der Waals surface area contributed by atoms with Gasteiger partial charge in [0.15, 0.2) is 12.4 Å². The average molecular weight is 268 g/mol. The molecular weight excluding hydrogens is 242 g/mol. The van der Waals surface area contributed by atoms with Gasteiger partial charge in [0, 0.05) is 23.8 Å². The van der Waals surface area contributed by atoms with Gasteiger partial charge in [-0.15, -0.1) is 0 Å². The SMILES string of the molecule is CCCCc1cc[n+](-c2ccccc2)cc1CCCC. The van der Waals surface area contributed by atoms with E-state index in [1.54, 1.807) is 0 Å². The number of rotatable bonds is 7. The van der Waals surface area contributed by atoms with Gasteiger partial charge in [-0.05, 0) is 31.2 Å². The Hall–Kier alpha value is -1.63. The topological polar surface area (TPSA) is 3.88 Å². The Kier molecular flexibility index (Phi) is 5.79. The number of nitrogens with zero attached hydrogens (tertiary/aromatic N) is 1. The number of aromatic nitrogens is 1. The third kappa shape index (κ3) is 3.93. The molecule has 1 nitrogen and oxygen atoms in total. The molecule has 0 saturated carbocycles. The van der Waals surface area contributed by atoms with Gasteiger partial charge in [-0.25, -0.2) is 0 Å². The van der Waals surface area contributed by atoms with E-state index >= 15 is 0 Å². The smallest absolute Gasteiger partial charge is 0.167 e. The van der Waals surface area contributed by atoms with E-state index in [0.717, 1.165) is 0 Å². The lowest BCUT2D eigenvalue weighted by Gasteiger charge is -2.07. The number of hydrogen-bond donors (Lipinski definition) is 0. The quantitative estimate of drug-likeness (QED) is 0.644. The molecule has 2 rings (SSSR count). The van der Waals surface area contributed by atoms with E-state index in [1.165, 1.54) is 55.3 Å². The average Bonchev–Trinajstić information content (AvgIpc) is 2.52. The van der Waals surface area contributed by atoms with E-state index in [9.17, 15) is 0 Å². The summed E-state index contributed by atoms with van der Waals surface area (Å²) in [5, 5.41) is 0. The monoisotopic (exact) mass is 268 g/mol. The number of hydrogen-bond acceptors (Lipinski definition) is 0. The first-order valence-corrected chi connectivity index (χ1v) is 7.93. The summed E-state index contributed by atoms with van der Waals surface area (Å²) in [5.41, 5.74) is 4.30. The molecule has 1 heterocycles. The Morgan fingerprint density at radius 2 is 1.45 bits per heavy atom. The standard InChI is InChI=1S/C19H26N/c1-3-5-10-17-14-15-20(16-18(17)11-6-4-2)19-12-8-7-9-13-19/h7-9,12-16H,3-6,10-11H2,1-2H3/q+1. The van der Waals surface area contributed by atoms with Gasteiger partial charge in [-0.3, -0.25) is 0 Å². The predicted molar refractivity (Wildman–Crippen MR) is 85.2 cm³/mol. The molecule has 20 heavy (non-hydrogen) atoms. The van der Waals surface area contributed by atoms with E-state index in [-0.39, 0.29) is 0 Å². The normalized spacial score (nSPS) is 10.7. The van der Waals surface area contributed by atoms with Crippen LogP contribution >= 0.6 is 0 Å². The molecule has 0 aliphatic heterocycles. The molecule has 0 amide bonds. The summed E-state index contributed by atoms with van der Waals surface area (Å²) in [7, 11) is 0. The number of pyridine rings is 1. The zero-order chi connectivity index (χ0) is 14.2. The van der Waals surface area contributed by atoms with Crippen LogP contribution in [0.4, 0.5) is 0 Å². The highest BCUT2D eigenvalue weighted by Crippen LogP contribution is 2.14. The summed E-state index contributed by atoms with van der Waals surface area (Å²) in [6.07, 6.45) is 12.0. The molecule has 0 saturated heterocycles. The second kappa shape index (κ2) is 7.84. The maximum absolute atomic E-state index is 2.33. The van der Waals surface area contributed by atoms with Crippen LogP contribution in [0.2, 0.25) is 0 Å². The van der Waals surface area contributed by atoms with Crippen LogP contribution in [0.1, 0.15) is 50.7 Å². The molecule has 1 heteroatoms. The summed E-state index contributed by atoms with van der Waals surface area (Å²) in [4.78, 5) is 0. The third-order valence-electron chi connectivity index (χ3n) is 3.80. The van der Waals surface area contributed by atoms with Gasteiger partial charge in [0.25, 0.3) is 0 Å². The van der Waals surface area contributed by atoms with Crippen molar-refractivity contribution in [3.8, 4) is 5.69 Å². The highest BCUT2D eigenvalue weighted by molar-refractivity contribution is 5.25. The van der Waals surface area contributed by atoms with Gasteiger partial charge in [0.1, 0.15) is 0 Å². The third-order valence-corrected chi connectivity index (χ3v) is 3.80. The van der Waals surface area contributed by atoms with Crippen molar-refractivity contribution in [3.63, 3.8) is 0 Å². The van der Waals surface area contributed by atoms with Gasteiger partial charge in [-0.2, -0.15) is 4.57 Å². The van der Waals surface area contributed by atoms with E-state index in [4.69, 9.17) is 0 Å². The van der Waals surface area contributed by atoms with Gasteiger partial charge in [-0.1, -0.05) is 44.9 Å². The highest BCUT2D eigenvalue weighted by atomic mass is 14.9. The van der Waals surface area contributed by atoms with E-state index in [0.29, 0.717) is 0 Å². The summed E-state index contributed by atoms with van der Waals surface area (Å²) in [6, 6.07) is 12.9. The van der Waals surface area contributed by atoms with Gasteiger partial charge < -0.3 is 0 Å². The van der Waals surface area contributed by atoms with E-state index in [1.807, 2.05) is 0 Å². The van der Waals surface area contributed by atoms with Crippen LogP contribution in [0, 0.1) is 0 Å². The van der Waals surface area contributed by atoms with Crippen LogP contribution in [0.3, 0.4) is 0 Å². The zero-order valence-corrected chi connectivity index (χ0v) is 12.8. The van der Waals surface area contributed by atoms with Crippen molar-refractivity contribution in [2.75, 3.05) is 0 Å². The van der Waals surface area contributed by atoms with Gasteiger partial charge >= 0.3 is 0 Å². The van der Waals surface area contributed by atoms with Crippen molar-refractivity contribution in [2.24, 2.45) is 0 Å². The maximum atomic E-state index is 2.33. The van der Waals surface area contributed by atoms with Crippen LogP contribution in [0.25, 0.3) is 5.69 Å². The molecular formula is C19H26N+. The fraction of sp³-hybridized carbons (Fsp3) is 0.421. The summed E-state index contributed by atoms with van der Waals surface area (Å²) < 4.78 is 2.25. The summed E-state index contributed by atoms with van der Waals surface area (Å²) in [6.45, 7) is 4.53. The van der Waals surface area contributed by atoms with Crippen LogP contribution in [0.5, 0.6) is 0 Å². The Morgan fingerprint density at radius 3 is 2.10 bits per heavy atom. The molecule has 0 aliphatic rings. The molecule has 0 unspecified atom stereocenters. The van der Waals surface area contributed by atoms with Crippen LogP contribution in [0.15, 0.2) is 48.8 Å². The number of unbranched alkanes of at least 4 members (excludes halogenated alkanes) is 2. The number of aryl methyl sites for hydroxylation is 2. The Bertz CT molecular complexity index is 517. The minimum Gasteiger partial charge on any atom is -0.167 e. The van der Waals surface area contributed by atoms with Crippen molar-refractivity contribution < 1.29 is 4.57 Å². The predicted octanol–water partition coefficient (Wildman–Crippen LogP) is 4.65. The van der Waals surface area contributed by atoms with Gasteiger partial charge in [0.2, 0.25) is 5.69 Å². The lowest BCUT2D eigenvalue weighted by molar-refractivity contribution is -0.596. The summed E-state index contributed by atoms with van der Waals surface area (Å²) in [5.74, 6) is 0. The minimum absolute atomic E-state index is 1.20. The largest absolute Gasteiger partial charge is 0.210 e. The lowest BCUT2D eigenvalue weighted by atomic mass is 10.00. The molecule has 0 bridgehead atoms. The van der Waals surface area contributed by atoms with E-state index < -0.39 is 0 Å². The Morgan fingerprint density at radius 1 is 0.800 bits per heavy atom. The van der Waals surface area contributed by atoms with Crippen molar-refractivity contribution in [2.45, 2.75) is 52.4 Å². The first-order valence-electron chi connectivity index (χ1n) is 7.93. The second-order valence-electron chi connectivity index (χ2n) is 5.45. The number of para-hydroxylation sites is 1. The van der Waals surface area contributed by atoms with Crippen molar-refractivity contribution >= 4 is 0 Å². The fourth-order valence-electron chi connectivity index (χ4n) is 2.54. The summed E-state index contributed by atoms with van der Waals surface area (Å²) >= 11 is 0. The van der Waals surface area contributed by atoms with Crippen LogP contribution in [-0.2, 0) is 12.8 Å². The molecule has 0 aliphatic carbocycles. The van der Waals surface area contributed by atoms with Gasteiger partial charge in [0.05, 0.1) is 0 Å². The lowest BCUT2D eigenvalue weighted by Crippen LogP contribution is -2.30. The molecule has 0 fully saturated rings. The second-order valence-corrected chi connectivity index (χ2v) is 5.45. The highest BCUT2D eigenvalue weighted by Gasteiger charge is 2.10. The molecule has 2 aromatic rings. The van der Waals surface area contributed by atoms with Crippen LogP contribution in [-0.4, -0.2) is 0 Å². The molecule has 0 radical (unpaired) electrons. The zero-order valence-electron chi connectivity index (χ0n) is 12.8. The molecule has 1 aromatic heterocycles. The first kappa shape index (κ1) is 14.8. The van der Waals surface area contributed by atoms with Crippen LogP contribution < -0.4 is 4.57 Å². The molecule has 0 N–H and O–H groups in total.